The molecule has 1 atom stereocenters. The zero-order valence-corrected chi connectivity index (χ0v) is 16.8. The Balaban J connectivity index is 2.21. The third kappa shape index (κ3) is 4.26. The van der Waals surface area contributed by atoms with Crippen molar-refractivity contribution < 1.29 is 23.8 Å². The second kappa shape index (κ2) is 9.28. The summed E-state index contributed by atoms with van der Waals surface area (Å²) in [7, 11) is 1.60. The molecule has 0 bridgehead atoms. The molecule has 0 fully saturated rings. The van der Waals surface area contributed by atoms with Gasteiger partial charge in [-0.2, -0.15) is 0 Å². The average Bonchev–Trinajstić information content (AvgIpc) is 3.15. The van der Waals surface area contributed by atoms with Crippen LogP contribution in [-0.2, 0) is 19.1 Å². The third-order valence-corrected chi connectivity index (χ3v) is 4.83. The highest BCUT2D eigenvalue weighted by Crippen LogP contribution is 2.38. The number of methoxy groups -OCH3 is 1. The maximum absolute atomic E-state index is 12.9. The molecule has 1 N–H and O–H groups in total. The summed E-state index contributed by atoms with van der Waals surface area (Å²) in [6.07, 6.45) is 1.83. The Kier molecular flexibility index (Phi) is 6.54. The van der Waals surface area contributed by atoms with E-state index in [9.17, 15) is 9.59 Å². The summed E-state index contributed by atoms with van der Waals surface area (Å²) in [6.45, 7) is 3.79. The topological polar surface area (TPSA) is 77.6 Å². The minimum Gasteiger partial charge on any atom is -0.497 e. The van der Waals surface area contributed by atoms with Gasteiger partial charge in [0.05, 0.1) is 20.3 Å². The van der Waals surface area contributed by atoms with Crippen LogP contribution < -0.4 is 4.74 Å². The van der Waals surface area contributed by atoms with Crippen LogP contribution in [0.5, 0.6) is 5.75 Å². The predicted molar refractivity (Wildman–Crippen MR) is 110 cm³/mol. The predicted octanol–water partition coefficient (Wildman–Crippen LogP) is 4.05. The van der Waals surface area contributed by atoms with Gasteiger partial charge in [-0.3, -0.25) is 9.59 Å². The number of rotatable bonds is 8. The highest BCUT2D eigenvalue weighted by atomic mass is 16.6. The molecule has 0 spiro atoms. The van der Waals surface area contributed by atoms with Gasteiger partial charge in [-0.1, -0.05) is 30.3 Å². The molecule has 3 rings (SSSR count). The molecular formula is C23H25NO5. The molecule has 0 unspecified atom stereocenters. The second-order valence-corrected chi connectivity index (χ2v) is 6.53. The molecule has 0 radical (unpaired) electrons. The molecule has 0 aliphatic rings. The van der Waals surface area contributed by atoms with Crippen molar-refractivity contribution in [1.29, 1.82) is 0 Å². The number of hydrogen-bond acceptors (Lipinski definition) is 5. The Morgan fingerprint density at radius 2 is 1.62 bits per heavy atom. The van der Waals surface area contributed by atoms with Gasteiger partial charge in [0.25, 0.3) is 0 Å². The van der Waals surface area contributed by atoms with Crippen molar-refractivity contribution in [3.05, 3.63) is 65.9 Å². The first-order valence-electron chi connectivity index (χ1n) is 9.63. The molecular weight excluding hydrogens is 370 g/mol. The number of hydrogen-bond donors (Lipinski definition) is 1. The quantitative estimate of drug-likeness (QED) is 0.460. The zero-order chi connectivity index (χ0) is 20.8. The van der Waals surface area contributed by atoms with Crippen LogP contribution in [0.1, 0.15) is 30.9 Å². The Labute approximate surface area is 169 Å². The Hall–Kier alpha value is -3.28. The van der Waals surface area contributed by atoms with E-state index in [1.54, 1.807) is 21.0 Å². The van der Waals surface area contributed by atoms with E-state index in [0.29, 0.717) is 5.75 Å². The lowest BCUT2D eigenvalue weighted by Crippen LogP contribution is -2.34. The fraction of sp³-hybridized carbons (Fsp3) is 0.304. The van der Waals surface area contributed by atoms with Crippen LogP contribution in [0, 0.1) is 5.92 Å². The summed E-state index contributed by atoms with van der Waals surface area (Å²) in [4.78, 5) is 29.0. The van der Waals surface area contributed by atoms with Crippen LogP contribution in [0.3, 0.4) is 0 Å². The smallest absolute Gasteiger partial charge is 0.321 e. The first kappa shape index (κ1) is 20.5. The third-order valence-electron chi connectivity index (χ3n) is 4.83. The number of nitrogens with one attached hydrogen (secondary N) is 1. The Morgan fingerprint density at radius 3 is 2.21 bits per heavy atom. The number of carbonyl (C=O) groups excluding carboxylic acids is 2. The summed E-state index contributed by atoms with van der Waals surface area (Å²) in [5, 5.41) is 0.872. The SMILES string of the molecule is CCOC(=O)C(C(=O)OCC)[C@H](c1ccccc1)c1c[nH]c2ccc(OC)cc12. The van der Waals surface area contributed by atoms with E-state index in [0.717, 1.165) is 22.0 Å². The highest BCUT2D eigenvalue weighted by molar-refractivity contribution is 5.98. The van der Waals surface area contributed by atoms with Crippen molar-refractivity contribution in [1.82, 2.24) is 4.98 Å². The number of carbonyl (C=O) groups is 2. The Bertz CT molecular complexity index is 961. The fourth-order valence-corrected chi connectivity index (χ4v) is 3.55. The zero-order valence-electron chi connectivity index (χ0n) is 16.8. The highest BCUT2D eigenvalue weighted by Gasteiger charge is 2.40. The normalized spacial score (nSPS) is 12.0. The van der Waals surface area contributed by atoms with Gasteiger partial charge in [0, 0.05) is 23.0 Å². The van der Waals surface area contributed by atoms with Gasteiger partial charge in [-0.25, -0.2) is 0 Å². The summed E-state index contributed by atoms with van der Waals surface area (Å²) < 4.78 is 15.9. The Morgan fingerprint density at radius 1 is 0.966 bits per heavy atom. The van der Waals surface area contributed by atoms with E-state index in [-0.39, 0.29) is 13.2 Å². The molecule has 1 heterocycles. The molecule has 29 heavy (non-hydrogen) atoms. The first-order chi connectivity index (χ1) is 14.1. The second-order valence-electron chi connectivity index (χ2n) is 6.53. The molecule has 0 saturated carbocycles. The van der Waals surface area contributed by atoms with Crippen LogP contribution in [-0.4, -0.2) is 37.2 Å². The van der Waals surface area contributed by atoms with Gasteiger partial charge in [-0.05, 0) is 43.2 Å². The maximum atomic E-state index is 12.9. The summed E-state index contributed by atoms with van der Waals surface area (Å²) in [5.74, 6) is -2.21. The van der Waals surface area contributed by atoms with Crippen LogP contribution in [0.15, 0.2) is 54.7 Å². The lowest BCUT2D eigenvalue weighted by atomic mass is 9.80. The molecule has 1 aromatic heterocycles. The number of benzene rings is 2. The van der Waals surface area contributed by atoms with Crippen LogP contribution >= 0.6 is 0 Å². The molecule has 6 nitrogen and oxygen atoms in total. The lowest BCUT2D eigenvalue weighted by Gasteiger charge is -2.24. The minimum absolute atomic E-state index is 0.179. The number of esters is 2. The van der Waals surface area contributed by atoms with Crippen LogP contribution in [0.25, 0.3) is 10.9 Å². The first-order valence-corrected chi connectivity index (χ1v) is 9.63. The number of ether oxygens (including phenoxy) is 3. The van der Waals surface area contributed by atoms with E-state index in [2.05, 4.69) is 4.98 Å². The van der Waals surface area contributed by atoms with Gasteiger partial charge in [0.2, 0.25) is 0 Å². The van der Waals surface area contributed by atoms with Crippen molar-refractivity contribution in [3.63, 3.8) is 0 Å². The molecule has 0 amide bonds. The molecule has 0 aliphatic carbocycles. The number of H-pyrrole nitrogens is 1. The molecule has 6 heteroatoms. The maximum Gasteiger partial charge on any atom is 0.321 e. The summed E-state index contributed by atoms with van der Waals surface area (Å²) >= 11 is 0. The van der Waals surface area contributed by atoms with Gasteiger partial charge in [0.1, 0.15) is 5.75 Å². The van der Waals surface area contributed by atoms with Crippen molar-refractivity contribution in [2.75, 3.05) is 20.3 Å². The summed E-state index contributed by atoms with van der Waals surface area (Å²) in [6, 6.07) is 15.1. The molecule has 3 aromatic rings. The molecule has 0 aliphatic heterocycles. The van der Waals surface area contributed by atoms with E-state index in [1.807, 2.05) is 54.7 Å². The standard InChI is InChI=1S/C23H25NO5/c1-4-28-22(25)21(23(26)29-5-2)20(15-9-7-6-8-10-15)18-14-24-19-12-11-16(27-3)13-17(18)19/h6-14,20-21,24H,4-5H2,1-3H3/t20-/m1/s1. The largest absolute Gasteiger partial charge is 0.497 e. The van der Waals surface area contributed by atoms with Crippen molar-refractivity contribution >= 4 is 22.8 Å². The minimum atomic E-state index is -1.12. The fourth-order valence-electron chi connectivity index (χ4n) is 3.55. The van der Waals surface area contributed by atoms with Crippen molar-refractivity contribution in [2.45, 2.75) is 19.8 Å². The molecule has 152 valence electrons. The number of fused-ring (bicyclic) bond motifs is 1. The molecule has 2 aromatic carbocycles. The van der Waals surface area contributed by atoms with Crippen molar-refractivity contribution in [2.24, 2.45) is 5.92 Å². The van der Waals surface area contributed by atoms with E-state index < -0.39 is 23.8 Å². The van der Waals surface area contributed by atoms with Gasteiger partial charge < -0.3 is 19.2 Å². The van der Waals surface area contributed by atoms with Crippen LogP contribution in [0.4, 0.5) is 0 Å². The van der Waals surface area contributed by atoms with Crippen molar-refractivity contribution in [3.8, 4) is 5.75 Å². The lowest BCUT2D eigenvalue weighted by molar-refractivity contribution is -0.162. The molecule has 0 saturated heterocycles. The van der Waals surface area contributed by atoms with Gasteiger partial charge >= 0.3 is 11.9 Å². The number of aromatic nitrogens is 1. The number of aromatic amines is 1. The van der Waals surface area contributed by atoms with Crippen LogP contribution in [0.2, 0.25) is 0 Å². The van der Waals surface area contributed by atoms with Gasteiger partial charge in [-0.15, -0.1) is 0 Å². The van der Waals surface area contributed by atoms with Gasteiger partial charge in [0.15, 0.2) is 5.92 Å². The summed E-state index contributed by atoms with van der Waals surface area (Å²) in [5.41, 5.74) is 2.51. The van der Waals surface area contributed by atoms with E-state index in [4.69, 9.17) is 14.2 Å². The van der Waals surface area contributed by atoms with E-state index >= 15 is 0 Å². The monoisotopic (exact) mass is 395 g/mol. The average molecular weight is 395 g/mol. The van der Waals surface area contributed by atoms with E-state index in [1.165, 1.54) is 0 Å².